The molecule has 0 spiro atoms. The molecule has 9 nitrogen and oxygen atoms in total. The fraction of sp³-hybridized carbons (Fsp3) is 0. The maximum absolute atomic E-state index is 5.46. The number of pyridine rings is 9. The maximum Gasteiger partial charge on any atom is 0.0804 e. The first-order valence-corrected chi connectivity index (χ1v) is 41.8. The molecule has 0 N–H and O–H groups in total. The Labute approximate surface area is 711 Å². The molecule has 0 amide bonds. The van der Waals surface area contributed by atoms with E-state index in [1.807, 2.05) is 74.0 Å². The van der Waals surface area contributed by atoms with Crippen LogP contribution in [0.2, 0.25) is 0 Å². The molecule has 0 radical (unpaired) electrons. The molecule has 0 unspecified atom stereocenters. The Kier molecular flexibility index (Phi) is 17.1. The molecule has 26 aromatic rings. The minimum atomic E-state index is 0.933. The molecule has 9 aromatic heterocycles. The lowest BCUT2D eigenvalue weighted by Crippen LogP contribution is -1.93. The summed E-state index contributed by atoms with van der Waals surface area (Å²) in [4.78, 5) is 42.7. The van der Waals surface area contributed by atoms with Crippen LogP contribution in [-0.2, 0) is 0 Å². The van der Waals surface area contributed by atoms with E-state index >= 15 is 0 Å². The number of benzene rings is 17. The van der Waals surface area contributed by atoms with Crippen molar-refractivity contribution in [1.82, 2.24) is 44.9 Å². The Hall–Kier alpha value is -16.8. The Morgan fingerprint density at radius 2 is 0.395 bits per heavy atom. The highest BCUT2D eigenvalue weighted by Gasteiger charge is 2.23. The highest BCUT2D eigenvalue weighted by Crippen LogP contribution is 2.47. The van der Waals surface area contributed by atoms with Gasteiger partial charge in [-0.25, -0.2) is 15.0 Å². The van der Waals surface area contributed by atoms with Crippen LogP contribution < -0.4 is 0 Å². The fourth-order valence-corrected chi connectivity index (χ4v) is 19.2. The summed E-state index contributed by atoms with van der Waals surface area (Å²) in [6.45, 7) is 0. The zero-order chi connectivity index (χ0) is 81.7. The van der Waals surface area contributed by atoms with E-state index < -0.39 is 0 Å². The van der Waals surface area contributed by atoms with Gasteiger partial charge in [0.05, 0.1) is 33.6 Å². The van der Waals surface area contributed by atoms with E-state index in [9.17, 15) is 0 Å². The molecule has 0 atom stereocenters. The van der Waals surface area contributed by atoms with E-state index in [-0.39, 0.29) is 0 Å². The third-order valence-electron chi connectivity index (χ3n) is 24.9. The normalized spacial score (nSPS) is 11.7. The lowest BCUT2D eigenvalue weighted by Gasteiger charge is -2.16. The predicted molar refractivity (Wildman–Crippen MR) is 517 cm³/mol. The molecular formula is C115H69N9. The Balaban J connectivity index is 0.000000106. The van der Waals surface area contributed by atoms with Gasteiger partial charge in [-0.15, -0.1) is 0 Å². The average molecular weight is 1580 g/mol. The smallest absolute Gasteiger partial charge is 0.0804 e. The van der Waals surface area contributed by atoms with Gasteiger partial charge in [0.2, 0.25) is 0 Å². The molecule has 0 saturated heterocycles. The van der Waals surface area contributed by atoms with Crippen molar-refractivity contribution in [1.29, 1.82) is 0 Å². The Morgan fingerprint density at radius 3 is 0.782 bits per heavy atom. The van der Waals surface area contributed by atoms with Crippen LogP contribution in [-0.4, -0.2) is 44.9 Å². The second kappa shape index (κ2) is 29.6. The summed E-state index contributed by atoms with van der Waals surface area (Å²) in [6, 6.07) is 123. The van der Waals surface area contributed by atoms with Crippen molar-refractivity contribution in [3.8, 4) is 89.4 Å². The number of rotatable bonds is 8. The van der Waals surface area contributed by atoms with Gasteiger partial charge in [-0.1, -0.05) is 273 Å². The predicted octanol–water partition coefficient (Wildman–Crippen LogP) is 29.7. The van der Waals surface area contributed by atoms with Crippen LogP contribution in [0.15, 0.2) is 420 Å². The van der Waals surface area contributed by atoms with E-state index in [4.69, 9.17) is 15.0 Å². The van der Waals surface area contributed by atoms with Crippen LogP contribution in [0, 0.1) is 0 Å². The standard InChI is InChI=1S/C42H26N4.C42H24N2.C31H19N3/c1-3-11-36-34(9-1)35-10-2-4-12-38(35)42-40(36)37-17-20-45-26-39(37)41(46-42)28-15-13-27(14-16-28)31-21-32(29-7-5-18-43-24-29)23-33(22-31)30-8-6-19-44-25-30;1-3-13-34-32(11-1)33-12-2-4-14-36(33)42-40(34)35-19-20-43-24-37(35)41(44-42)30-10-6-9-27(21-30)31-22-28-17-15-25-7-5-8-26-16-18-29(23-31)39(28)38(25)26;1-3-9-25-23(7-1)24-8-2-4-10-27(24)31-29(25)26-15-17-33-19-28(26)30(34-31)21-13-11-20(12-14-21)22-6-5-16-32-18-22/h1-26H;1-24H;1-19H. The minimum absolute atomic E-state index is 0.933. The largest absolute Gasteiger partial charge is 0.264 e. The van der Waals surface area contributed by atoms with E-state index in [1.54, 1.807) is 18.6 Å². The topological polar surface area (TPSA) is 116 Å². The molecule has 26 rings (SSSR count). The third kappa shape index (κ3) is 12.0. The molecule has 17 aromatic carbocycles. The molecule has 0 aliphatic rings. The van der Waals surface area contributed by atoms with Gasteiger partial charge in [-0.3, -0.25) is 29.9 Å². The maximum atomic E-state index is 5.46. The van der Waals surface area contributed by atoms with Crippen LogP contribution in [0.4, 0.5) is 0 Å². The van der Waals surface area contributed by atoms with Gasteiger partial charge >= 0.3 is 0 Å². The summed E-state index contributed by atoms with van der Waals surface area (Å²) in [5.41, 5.74) is 20.4. The second-order valence-electron chi connectivity index (χ2n) is 31.9. The highest BCUT2D eigenvalue weighted by atomic mass is 14.7. The van der Waals surface area contributed by atoms with Gasteiger partial charge in [-0.05, 0) is 214 Å². The highest BCUT2D eigenvalue weighted by molar-refractivity contribution is 6.35. The second-order valence-corrected chi connectivity index (χ2v) is 31.9. The quantitative estimate of drug-likeness (QED) is 0.137. The van der Waals surface area contributed by atoms with Crippen LogP contribution in [0.5, 0.6) is 0 Å². The lowest BCUT2D eigenvalue weighted by atomic mass is 9.90. The first-order valence-electron chi connectivity index (χ1n) is 41.8. The molecular weight excluding hydrogens is 1510 g/mol. The zero-order valence-corrected chi connectivity index (χ0v) is 66.9. The molecule has 124 heavy (non-hydrogen) atoms. The zero-order valence-electron chi connectivity index (χ0n) is 66.9. The van der Waals surface area contributed by atoms with Crippen LogP contribution in [0.25, 0.3) is 251 Å². The SMILES string of the molecule is c1cc(-c2cc3ccc4cccc5ccc(c2)c3c45)cc(-c2nc3c4ccccc4c4ccccc4c3c3ccncc23)c1.c1cncc(-c2cc(-c3ccc(-c4nc5c6ccccc6c6ccccc6c5c5ccncc45)cc3)cc(-c3cccnc3)c2)c1.c1cncc(-c2ccc(-c3nc4c5ccccc5c5ccccc5c4c4ccncc34)cc2)c1. The Bertz CT molecular complexity index is 8670. The van der Waals surface area contributed by atoms with E-state index in [1.165, 1.54) is 130 Å². The van der Waals surface area contributed by atoms with E-state index in [0.717, 1.165) is 122 Å². The van der Waals surface area contributed by atoms with Crippen molar-refractivity contribution in [2.24, 2.45) is 0 Å². The fourth-order valence-electron chi connectivity index (χ4n) is 19.2. The first kappa shape index (κ1) is 71.4. The Morgan fingerprint density at radius 1 is 0.129 bits per heavy atom. The van der Waals surface area contributed by atoms with Crippen molar-refractivity contribution in [2.45, 2.75) is 0 Å². The van der Waals surface area contributed by atoms with Crippen molar-refractivity contribution >= 4 is 162 Å². The molecule has 9 heteroatoms. The van der Waals surface area contributed by atoms with E-state index in [0.29, 0.717) is 0 Å². The van der Waals surface area contributed by atoms with Gasteiger partial charge in [0.15, 0.2) is 0 Å². The lowest BCUT2D eigenvalue weighted by molar-refractivity contribution is 1.32. The van der Waals surface area contributed by atoms with Gasteiger partial charge < -0.3 is 0 Å². The third-order valence-corrected chi connectivity index (χ3v) is 24.9. The van der Waals surface area contributed by atoms with E-state index in [2.05, 4.69) is 357 Å². The summed E-state index contributed by atoms with van der Waals surface area (Å²) < 4.78 is 0. The average Bonchev–Trinajstić information content (AvgIpc) is 0.724. The van der Waals surface area contributed by atoms with Crippen molar-refractivity contribution in [3.63, 3.8) is 0 Å². The van der Waals surface area contributed by atoms with Crippen molar-refractivity contribution < 1.29 is 0 Å². The summed E-state index contributed by atoms with van der Waals surface area (Å²) in [6.07, 6.45) is 22.6. The van der Waals surface area contributed by atoms with Crippen LogP contribution >= 0.6 is 0 Å². The number of fused-ring (bicyclic) bond motifs is 24. The molecule has 0 aliphatic carbocycles. The number of hydrogen-bond donors (Lipinski definition) is 0. The molecule has 0 saturated carbocycles. The summed E-state index contributed by atoms with van der Waals surface area (Å²) in [5.74, 6) is 0. The number of nitrogens with zero attached hydrogens (tertiary/aromatic N) is 9. The van der Waals surface area contributed by atoms with Gasteiger partial charge in [0, 0.05) is 151 Å². The first-order chi connectivity index (χ1) is 61.5. The van der Waals surface area contributed by atoms with Gasteiger partial charge in [0.25, 0.3) is 0 Å². The van der Waals surface area contributed by atoms with Gasteiger partial charge in [0.1, 0.15) is 0 Å². The molecule has 0 fully saturated rings. The van der Waals surface area contributed by atoms with Crippen molar-refractivity contribution in [3.05, 3.63) is 420 Å². The summed E-state index contributed by atoms with van der Waals surface area (Å²) in [7, 11) is 0. The number of aromatic nitrogens is 9. The van der Waals surface area contributed by atoms with Crippen LogP contribution in [0.3, 0.4) is 0 Å². The monoisotopic (exact) mass is 1580 g/mol. The van der Waals surface area contributed by atoms with Crippen molar-refractivity contribution in [2.75, 3.05) is 0 Å². The summed E-state index contributed by atoms with van der Waals surface area (Å²) in [5, 5.41) is 32.6. The van der Waals surface area contributed by atoms with Crippen LogP contribution in [0.1, 0.15) is 0 Å². The molecule has 9 heterocycles. The summed E-state index contributed by atoms with van der Waals surface area (Å²) >= 11 is 0. The minimum Gasteiger partial charge on any atom is -0.264 e. The molecule has 0 bridgehead atoms. The molecule has 0 aliphatic heterocycles. The number of hydrogen-bond acceptors (Lipinski definition) is 9. The molecule has 574 valence electrons. The van der Waals surface area contributed by atoms with Gasteiger partial charge in [-0.2, -0.15) is 0 Å².